The van der Waals surface area contributed by atoms with E-state index in [0.717, 1.165) is 16.9 Å². The topological polar surface area (TPSA) is 38.0 Å². The van der Waals surface area contributed by atoms with Gasteiger partial charge in [-0.05, 0) is 43.0 Å². The van der Waals surface area contributed by atoms with Crippen LogP contribution in [0, 0.1) is 12.8 Å². The Bertz CT molecular complexity index is 374. The Kier molecular flexibility index (Phi) is 4.60. The first-order valence-corrected chi connectivity index (χ1v) is 7.19. The van der Waals surface area contributed by atoms with Gasteiger partial charge in [0.25, 0.3) is 0 Å². The minimum Gasteiger partial charge on any atom is -0.329 e. The number of halogens is 1. The van der Waals surface area contributed by atoms with E-state index in [1.165, 1.54) is 30.4 Å². The number of nitrogens with one attached hydrogen (secondary N) is 1. The van der Waals surface area contributed by atoms with E-state index >= 15 is 0 Å². The van der Waals surface area contributed by atoms with Crippen LogP contribution in [-0.2, 0) is 0 Å². The molecule has 0 radical (unpaired) electrons. The normalized spacial score (nSPS) is 17.1. The third-order valence-corrected chi connectivity index (χ3v) is 4.33. The fourth-order valence-electron chi connectivity index (χ4n) is 2.03. The summed E-state index contributed by atoms with van der Waals surface area (Å²) in [6.45, 7) is 3.84. The highest BCUT2D eigenvalue weighted by Gasteiger charge is 2.21. The Morgan fingerprint density at radius 3 is 2.82 bits per heavy atom. The molecule has 2 nitrogen and oxygen atoms in total. The highest BCUT2D eigenvalue weighted by Crippen LogP contribution is 2.32. The number of rotatable bonds is 6. The van der Waals surface area contributed by atoms with Crippen LogP contribution >= 0.6 is 15.9 Å². The molecule has 0 saturated heterocycles. The van der Waals surface area contributed by atoms with Crippen LogP contribution in [0.25, 0.3) is 0 Å². The van der Waals surface area contributed by atoms with E-state index < -0.39 is 0 Å². The molecule has 1 saturated carbocycles. The molecule has 0 aromatic heterocycles. The fourth-order valence-corrected chi connectivity index (χ4v) is 2.43. The zero-order valence-corrected chi connectivity index (χ0v) is 12.0. The second-order valence-electron chi connectivity index (χ2n) is 4.98. The molecule has 0 aliphatic heterocycles. The summed E-state index contributed by atoms with van der Waals surface area (Å²) >= 11 is 3.58. The van der Waals surface area contributed by atoms with Crippen LogP contribution in [0.4, 0.5) is 0 Å². The van der Waals surface area contributed by atoms with Gasteiger partial charge in [0.2, 0.25) is 0 Å². The standard InChI is InChI=1S/C14H21BrN2/c1-10-2-5-12(8-13(10)15)14(9-16)17-7-6-11-3-4-11/h2,5,8,11,14,17H,3-4,6-7,9,16H2,1H3. The second-order valence-corrected chi connectivity index (χ2v) is 5.84. The predicted molar refractivity (Wildman–Crippen MR) is 76.0 cm³/mol. The Hall–Kier alpha value is -0.380. The predicted octanol–water partition coefficient (Wildman–Crippen LogP) is 3.15. The van der Waals surface area contributed by atoms with Crippen LogP contribution in [0.15, 0.2) is 22.7 Å². The van der Waals surface area contributed by atoms with E-state index in [2.05, 4.69) is 46.4 Å². The minimum atomic E-state index is 0.283. The first-order valence-electron chi connectivity index (χ1n) is 6.40. The zero-order valence-electron chi connectivity index (χ0n) is 10.4. The summed E-state index contributed by atoms with van der Waals surface area (Å²) in [4.78, 5) is 0. The molecule has 0 bridgehead atoms. The maximum absolute atomic E-state index is 5.85. The van der Waals surface area contributed by atoms with Crippen molar-refractivity contribution >= 4 is 15.9 Å². The summed E-state index contributed by atoms with van der Waals surface area (Å²) in [5.74, 6) is 0.977. The van der Waals surface area contributed by atoms with Gasteiger partial charge in [0, 0.05) is 17.1 Å². The summed E-state index contributed by atoms with van der Waals surface area (Å²) in [5.41, 5.74) is 8.39. The first kappa shape index (κ1) is 13.1. The molecule has 1 aliphatic rings. The second kappa shape index (κ2) is 5.98. The van der Waals surface area contributed by atoms with Crippen molar-refractivity contribution in [2.75, 3.05) is 13.1 Å². The van der Waals surface area contributed by atoms with Crippen molar-refractivity contribution in [3.05, 3.63) is 33.8 Å². The molecule has 1 aromatic carbocycles. The third-order valence-electron chi connectivity index (χ3n) is 3.47. The van der Waals surface area contributed by atoms with Crippen LogP contribution < -0.4 is 11.1 Å². The van der Waals surface area contributed by atoms with Crippen molar-refractivity contribution in [1.82, 2.24) is 5.32 Å². The lowest BCUT2D eigenvalue weighted by molar-refractivity contribution is 0.516. The van der Waals surface area contributed by atoms with Gasteiger partial charge in [-0.3, -0.25) is 0 Å². The number of hydrogen-bond donors (Lipinski definition) is 2. The summed E-state index contributed by atoms with van der Waals surface area (Å²) in [6.07, 6.45) is 4.14. The molecule has 17 heavy (non-hydrogen) atoms. The van der Waals surface area contributed by atoms with Gasteiger partial charge >= 0.3 is 0 Å². The molecule has 3 N–H and O–H groups in total. The van der Waals surface area contributed by atoms with Gasteiger partial charge in [-0.1, -0.05) is 40.9 Å². The molecule has 0 spiro atoms. The molecule has 3 heteroatoms. The van der Waals surface area contributed by atoms with E-state index in [1.807, 2.05) is 0 Å². The number of nitrogens with two attached hydrogens (primary N) is 1. The van der Waals surface area contributed by atoms with Crippen LogP contribution in [0.2, 0.25) is 0 Å². The van der Waals surface area contributed by atoms with Crippen LogP contribution in [0.5, 0.6) is 0 Å². The Morgan fingerprint density at radius 2 is 2.24 bits per heavy atom. The summed E-state index contributed by atoms with van der Waals surface area (Å²) in [7, 11) is 0. The minimum absolute atomic E-state index is 0.283. The molecule has 1 unspecified atom stereocenters. The lowest BCUT2D eigenvalue weighted by Crippen LogP contribution is -2.29. The number of hydrogen-bond acceptors (Lipinski definition) is 2. The molecule has 0 amide bonds. The summed E-state index contributed by atoms with van der Waals surface area (Å²) < 4.78 is 1.16. The highest BCUT2D eigenvalue weighted by atomic mass is 79.9. The SMILES string of the molecule is Cc1ccc(C(CN)NCCC2CC2)cc1Br. The van der Waals surface area contributed by atoms with E-state index in [-0.39, 0.29) is 6.04 Å². The van der Waals surface area contributed by atoms with Crippen molar-refractivity contribution in [3.63, 3.8) is 0 Å². The lowest BCUT2D eigenvalue weighted by atomic mass is 10.1. The average Bonchev–Trinajstić information content (AvgIpc) is 3.12. The highest BCUT2D eigenvalue weighted by molar-refractivity contribution is 9.10. The van der Waals surface area contributed by atoms with Gasteiger partial charge in [-0.15, -0.1) is 0 Å². The fraction of sp³-hybridized carbons (Fsp3) is 0.571. The molecule has 0 heterocycles. The van der Waals surface area contributed by atoms with Crippen LogP contribution in [0.1, 0.15) is 36.4 Å². The largest absolute Gasteiger partial charge is 0.329 e. The monoisotopic (exact) mass is 296 g/mol. The quantitative estimate of drug-likeness (QED) is 0.846. The van der Waals surface area contributed by atoms with E-state index in [4.69, 9.17) is 5.73 Å². The molecule has 1 atom stereocenters. The van der Waals surface area contributed by atoms with Gasteiger partial charge in [0.1, 0.15) is 0 Å². The Balaban J connectivity index is 1.92. The van der Waals surface area contributed by atoms with E-state index in [1.54, 1.807) is 0 Å². The molecular weight excluding hydrogens is 276 g/mol. The molecule has 1 fully saturated rings. The van der Waals surface area contributed by atoms with Crippen molar-refractivity contribution in [3.8, 4) is 0 Å². The van der Waals surface area contributed by atoms with Gasteiger partial charge < -0.3 is 11.1 Å². The van der Waals surface area contributed by atoms with Crippen LogP contribution in [-0.4, -0.2) is 13.1 Å². The smallest absolute Gasteiger partial charge is 0.0444 e. The van der Waals surface area contributed by atoms with E-state index in [9.17, 15) is 0 Å². The van der Waals surface area contributed by atoms with Gasteiger partial charge in [-0.25, -0.2) is 0 Å². The molecule has 1 aliphatic carbocycles. The first-order chi connectivity index (χ1) is 8.20. The molecule has 1 aromatic rings. The Morgan fingerprint density at radius 1 is 1.47 bits per heavy atom. The van der Waals surface area contributed by atoms with Crippen molar-refractivity contribution in [2.45, 2.75) is 32.2 Å². The lowest BCUT2D eigenvalue weighted by Gasteiger charge is -2.18. The van der Waals surface area contributed by atoms with Crippen molar-refractivity contribution in [2.24, 2.45) is 11.7 Å². The zero-order chi connectivity index (χ0) is 12.3. The number of aryl methyl sites for hydroxylation is 1. The average molecular weight is 297 g/mol. The third kappa shape index (κ3) is 3.80. The van der Waals surface area contributed by atoms with Crippen LogP contribution in [0.3, 0.4) is 0 Å². The maximum atomic E-state index is 5.85. The van der Waals surface area contributed by atoms with E-state index in [0.29, 0.717) is 6.54 Å². The van der Waals surface area contributed by atoms with Gasteiger partial charge in [0.05, 0.1) is 0 Å². The number of benzene rings is 1. The Labute approximate surface area is 112 Å². The summed E-state index contributed by atoms with van der Waals surface area (Å²) in [5, 5.41) is 3.56. The maximum Gasteiger partial charge on any atom is 0.0444 e. The van der Waals surface area contributed by atoms with Gasteiger partial charge in [0.15, 0.2) is 0 Å². The van der Waals surface area contributed by atoms with Crippen molar-refractivity contribution < 1.29 is 0 Å². The van der Waals surface area contributed by atoms with Crippen molar-refractivity contribution in [1.29, 1.82) is 0 Å². The van der Waals surface area contributed by atoms with Gasteiger partial charge in [-0.2, -0.15) is 0 Å². The molecule has 94 valence electrons. The summed E-state index contributed by atoms with van der Waals surface area (Å²) in [6, 6.07) is 6.77. The molecular formula is C14H21BrN2. The molecule has 2 rings (SSSR count).